The number of benzene rings is 1. The fourth-order valence-electron chi connectivity index (χ4n) is 3.10. The maximum Gasteiger partial charge on any atom is 0.126 e. The van der Waals surface area contributed by atoms with Crippen LogP contribution in [0.5, 0.6) is 0 Å². The molecule has 1 N–H and O–H groups in total. The summed E-state index contributed by atoms with van der Waals surface area (Å²) in [5.41, 5.74) is 0.951. The van der Waals surface area contributed by atoms with Crippen LogP contribution >= 0.6 is 0 Å². The summed E-state index contributed by atoms with van der Waals surface area (Å²) in [6.07, 6.45) is 3.13. The van der Waals surface area contributed by atoms with Gasteiger partial charge in [-0.3, -0.25) is 0 Å². The monoisotopic (exact) mass is 223 g/mol. The summed E-state index contributed by atoms with van der Waals surface area (Å²) in [5, 5.41) is 3.27. The van der Waals surface area contributed by atoms with Crippen LogP contribution in [0.2, 0.25) is 0 Å². The van der Waals surface area contributed by atoms with Crippen LogP contribution in [0.1, 0.15) is 30.7 Å². The van der Waals surface area contributed by atoms with Gasteiger partial charge in [-0.05, 0) is 54.4 Å². The summed E-state index contributed by atoms with van der Waals surface area (Å²) in [6, 6.07) is 3.80. The van der Waals surface area contributed by atoms with Crippen molar-refractivity contribution in [1.82, 2.24) is 5.32 Å². The van der Waals surface area contributed by atoms with Crippen LogP contribution in [-0.4, -0.2) is 13.1 Å². The molecule has 1 aliphatic carbocycles. The molecule has 1 spiro atoms. The van der Waals surface area contributed by atoms with E-state index in [0.717, 1.165) is 32.4 Å². The number of halogens is 2. The van der Waals surface area contributed by atoms with E-state index in [1.807, 2.05) is 0 Å². The lowest BCUT2D eigenvalue weighted by Crippen LogP contribution is -2.51. The molecule has 1 aromatic rings. The highest BCUT2D eigenvalue weighted by atomic mass is 19.1. The van der Waals surface area contributed by atoms with Crippen molar-refractivity contribution in [2.45, 2.75) is 25.2 Å². The Balaban J connectivity index is 1.85. The quantitative estimate of drug-likeness (QED) is 0.772. The Morgan fingerprint density at radius 2 is 2.06 bits per heavy atom. The third-order valence-corrected chi connectivity index (χ3v) is 4.10. The Bertz CT molecular complexity index is 412. The van der Waals surface area contributed by atoms with Gasteiger partial charge in [0.05, 0.1) is 0 Å². The maximum atomic E-state index is 13.6. The summed E-state index contributed by atoms with van der Waals surface area (Å²) in [7, 11) is 0. The van der Waals surface area contributed by atoms with E-state index in [1.54, 1.807) is 0 Å². The van der Waals surface area contributed by atoms with Gasteiger partial charge >= 0.3 is 0 Å². The molecule has 0 amide bonds. The number of rotatable bonds is 1. The van der Waals surface area contributed by atoms with Crippen molar-refractivity contribution >= 4 is 0 Å². The first-order chi connectivity index (χ1) is 7.69. The van der Waals surface area contributed by atoms with Crippen LogP contribution in [0.25, 0.3) is 0 Å². The van der Waals surface area contributed by atoms with Crippen molar-refractivity contribution in [2.24, 2.45) is 5.41 Å². The van der Waals surface area contributed by atoms with Gasteiger partial charge in [0.2, 0.25) is 0 Å². The highest BCUT2D eigenvalue weighted by Crippen LogP contribution is 2.49. The Morgan fingerprint density at radius 1 is 1.25 bits per heavy atom. The van der Waals surface area contributed by atoms with Crippen LogP contribution < -0.4 is 5.32 Å². The first-order valence-corrected chi connectivity index (χ1v) is 5.84. The van der Waals surface area contributed by atoms with Gasteiger partial charge in [-0.25, -0.2) is 8.78 Å². The van der Waals surface area contributed by atoms with Crippen molar-refractivity contribution in [1.29, 1.82) is 0 Å². The molecule has 0 aromatic heterocycles. The fraction of sp³-hybridized carbons (Fsp3) is 0.538. The van der Waals surface area contributed by atoms with Crippen LogP contribution in [0.3, 0.4) is 0 Å². The summed E-state index contributed by atoms with van der Waals surface area (Å²) < 4.78 is 26.7. The third kappa shape index (κ3) is 1.54. The minimum atomic E-state index is -0.330. The molecular formula is C13H15F2N. The van der Waals surface area contributed by atoms with Gasteiger partial charge in [0, 0.05) is 13.1 Å². The first-order valence-electron chi connectivity index (χ1n) is 5.84. The molecule has 1 saturated heterocycles. The van der Waals surface area contributed by atoms with Gasteiger partial charge in [-0.15, -0.1) is 0 Å². The molecule has 2 fully saturated rings. The third-order valence-electron chi connectivity index (χ3n) is 4.10. The van der Waals surface area contributed by atoms with Crippen LogP contribution in [-0.2, 0) is 0 Å². The predicted octanol–water partition coefficient (Wildman–Crippen LogP) is 2.82. The SMILES string of the molecule is Fc1ccc(F)c(C2CCC3(CNC3)C2)c1. The number of nitrogens with one attached hydrogen (secondary N) is 1. The normalized spacial score (nSPS) is 27.0. The zero-order valence-electron chi connectivity index (χ0n) is 9.10. The molecule has 1 aliphatic heterocycles. The minimum Gasteiger partial charge on any atom is -0.316 e. The minimum absolute atomic E-state index is 0.206. The zero-order valence-corrected chi connectivity index (χ0v) is 9.10. The van der Waals surface area contributed by atoms with E-state index in [9.17, 15) is 8.78 Å². The average molecular weight is 223 g/mol. The topological polar surface area (TPSA) is 12.0 Å². The second kappa shape index (κ2) is 3.52. The summed E-state index contributed by atoms with van der Waals surface area (Å²) in [5.74, 6) is -0.377. The van der Waals surface area contributed by atoms with Crippen LogP contribution in [0, 0.1) is 17.0 Å². The molecule has 3 rings (SSSR count). The molecule has 16 heavy (non-hydrogen) atoms. The van der Waals surface area contributed by atoms with Crippen molar-refractivity contribution < 1.29 is 8.78 Å². The van der Waals surface area contributed by atoms with Crippen molar-refractivity contribution in [3.8, 4) is 0 Å². The molecule has 0 bridgehead atoms. The Morgan fingerprint density at radius 3 is 2.69 bits per heavy atom. The Hall–Kier alpha value is -0.960. The highest BCUT2D eigenvalue weighted by Gasteiger charge is 2.44. The van der Waals surface area contributed by atoms with Gasteiger partial charge < -0.3 is 5.32 Å². The second-order valence-corrected chi connectivity index (χ2v) is 5.21. The molecule has 2 aliphatic rings. The average Bonchev–Trinajstić information content (AvgIpc) is 2.66. The summed E-state index contributed by atoms with van der Waals surface area (Å²) >= 11 is 0. The van der Waals surface area contributed by atoms with Crippen molar-refractivity contribution in [3.05, 3.63) is 35.4 Å². The Labute approximate surface area is 93.9 Å². The predicted molar refractivity (Wildman–Crippen MR) is 58.3 cm³/mol. The molecule has 1 saturated carbocycles. The summed E-state index contributed by atoms with van der Waals surface area (Å²) in [6.45, 7) is 2.08. The van der Waals surface area contributed by atoms with Gasteiger partial charge in [0.1, 0.15) is 11.6 Å². The van der Waals surface area contributed by atoms with E-state index in [0.29, 0.717) is 11.0 Å². The lowest BCUT2D eigenvalue weighted by atomic mass is 9.79. The molecule has 1 aromatic carbocycles. The van der Waals surface area contributed by atoms with E-state index in [-0.39, 0.29) is 17.6 Å². The van der Waals surface area contributed by atoms with Crippen LogP contribution in [0.4, 0.5) is 8.78 Å². The van der Waals surface area contributed by atoms with E-state index in [2.05, 4.69) is 5.32 Å². The molecule has 1 heterocycles. The molecule has 1 nitrogen and oxygen atoms in total. The van der Waals surface area contributed by atoms with Crippen molar-refractivity contribution in [3.63, 3.8) is 0 Å². The van der Waals surface area contributed by atoms with Gasteiger partial charge in [0.25, 0.3) is 0 Å². The van der Waals surface area contributed by atoms with Gasteiger partial charge in [-0.2, -0.15) is 0 Å². The molecule has 1 unspecified atom stereocenters. The molecular weight excluding hydrogens is 208 g/mol. The van der Waals surface area contributed by atoms with E-state index in [1.165, 1.54) is 18.2 Å². The Kier molecular flexibility index (Phi) is 2.25. The van der Waals surface area contributed by atoms with E-state index >= 15 is 0 Å². The van der Waals surface area contributed by atoms with Crippen molar-refractivity contribution in [2.75, 3.05) is 13.1 Å². The molecule has 3 heteroatoms. The fourth-order valence-corrected chi connectivity index (χ4v) is 3.10. The molecule has 1 atom stereocenters. The van der Waals surface area contributed by atoms with Gasteiger partial charge in [0.15, 0.2) is 0 Å². The first kappa shape index (κ1) is 10.2. The van der Waals surface area contributed by atoms with Gasteiger partial charge in [-0.1, -0.05) is 0 Å². The standard InChI is InChI=1S/C13H15F2N/c14-10-1-2-12(15)11(5-10)9-3-4-13(6-9)7-16-8-13/h1-2,5,9,16H,3-4,6-8H2. The maximum absolute atomic E-state index is 13.6. The largest absolute Gasteiger partial charge is 0.316 e. The smallest absolute Gasteiger partial charge is 0.126 e. The number of hydrogen-bond donors (Lipinski definition) is 1. The zero-order chi connectivity index (χ0) is 11.2. The van der Waals surface area contributed by atoms with E-state index in [4.69, 9.17) is 0 Å². The lowest BCUT2D eigenvalue weighted by Gasteiger charge is -2.39. The van der Waals surface area contributed by atoms with Crippen LogP contribution in [0.15, 0.2) is 18.2 Å². The molecule has 0 radical (unpaired) electrons. The van der Waals surface area contributed by atoms with E-state index < -0.39 is 0 Å². The molecule has 86 valence electrons. The lowest BCUT2D eigenvalue weighted by molar-refractivity contribution is 0.175. The number of hydrogen-bond acceptors (Lipinski definition) is 1. The highest BCUT2D eigenvalue weighted by molar-refractivity contribution is 5.25. The summed E-state index contributed by atoms with van der Waals surface area (Å²) in [4.78, 5) is 0. The second-order valence-electron chi connectivity index (χ2n) is 5.21.